The normalized spacial score (nSPS) is 9.50. The average Bonchev–Trinajstić information content (AvgIpc) is 2.26. The lowest BCUT2D eigenvalue weighted by Gasteiger charge is -2.20. The number of nitriles is 1. The number of nitrogens with zero attached hydrogens (tertiary/aromatic N) is 3. The Kier molecular flexibility index (Phi) is 3.89. The van der Waals surface area contributed by atoms with Crippen molar-refractivity contribution in [1.82, 2.24) is 4.98 Å². The Bertz CT molecular complexity index is 329. The van der Waals surface area contributed by atoms with Gasteiger partial charge < -0.3 is 10.6 Å². The highest BCUT2D eigenvalue weighted by Gasteiger charge is 2.04. The van der Waals surface area contributed by atoms with E-state index in [-0.39, 0.29) is 0 Å². The minimum absolute atomic E-state index is 0.443. The number of hydrogen-bond donors (Lipinski definition) is 1. The van der Waals surface area contributed by atoms with Crippen LogP contribution in [-0.2, 0) is 0 Å². The molecule has 0 atom stereocenters. The smallest absolute Gasteiger partial charge is 0.142 e. The highest BCUT2D eigenvalue weighted by Crippen LogP contribution is 2.09. The molecule has 0 unspecified atom stereocenters. The zero-order valence-electron chi connectivity index (χ0n) is 8.27. The standard InChI is InChI=1S/C10H14N4/c1-2-14(7-6-11)10-5-3-4-9(8-12)13-10/h3-5H,2,6-7,11H2,1H3. The van der Waals surface area contributed by atoms with Crippen molar-refractivity contribution in [2.45, 2.75) is 6.92 Å². The Morgan fingerprint density at radius 1 is 1.57 bits per heavy atom. The number of likely N-dealkylation sites (N-methyl/N-ethyl adjacent to an activating group) is 1. The molecular formula is C10H14N4. The van der Waals surface area contributed by atoms with Crippen LogP contribution in [0.2, 0.25) is 0 Å². The zero-order valence-corrected chi connectivity index (χ0v) is 8.27. The molecule has 0 saturated heterocycles. The summed E-state index contributed by atoms with van der Waals surface area (Å²) in [6, 6.07) is 7.44. The van der Waals surface area contributed by atoms with Gasteiger partial charge >= 0.3 is 0 Å². The Balaban J connectivity index is 2.87. The van der Waals surface area contributed by atoms with E-state index in [0.717, 1.165) is 18.9 Å². The van der Waals surface area contributed by atoms with Crippen molar-refractivity contribution in [2.24, 2.45) is 5.73 Å². The summed E-state index contributed by atoms with van der Waals surface area (Å²) in [5, 5.41) is 8.69. The van der Waals surface area contributed by atoms with Gasteiger partial charge in [0.1, 0.15) is 17.6 Å². The monoisotopic (exact) mass is 190 g/mol. The van der Waals surface area contributed by atoms with E-state index in [9.17, 15) is 0 Å². The lowest BCUT2D eigenvalue weighted by atomic mass is 10.3. The summed E-state index contributed by atoms with van der Waals surface area (Å²) in [7, 11) is 0. The van der Waals surface area contributed by atoms with Gasteiger partial charge in [0.15, 0.2) is 0 Å². The van der Waals surface area contributed by atoms with E-state index in [1.807, 2.05) is 30.0 Å². The van der Waals surface area contributed by atoms with E-state index in [1.54, 1.807) is 6.07 Å². The molecular weight excluding hydrogens is 176 g/mol. The fourth-order valence-corrected chi connectivity index (χ4v) is 1.25. The van der Waals surface area contributed by atoms with Gasteiger partial charge in [-0.05, 0) is 19.1 Å². The third-order valence-electron chi connectivity index (χ3n) is 1.95. The second-order valence-electron chi connectivity index (χ2n) is 2.86. The van der Waals surface area contributed by atoms with Crippen molar-refractivity contribution in [1.29, 1.82) is 5.26 Å². The number of hydrogen-bond acceptors (Lipinski definition) is 4. The van der Waals surface area contributed by atoms with E-state index in [2.05, 4.69) is 4.98 Å². The van der Waals surface area contributed by atoms with Crippen LogP contribution >= 0.6 is 0 Å². The summed E-state index contributed by atoms with van der Waals surface area (Å²) in [6.07, 6.45) is 0. The number of nitrogens with two attached hydrogens (primary N) is 1. The molecule has 4 heteroatoms. The minimum atomic E-state index is 0.443. The maximum absolute atomic E-state index is 8.69. The molecule has 0 aromatic carbocycles. The van der Waals surface area contributed by atoms with Crippen molar-refractivity contribution in [2.75, 3.05) is 24.5 Å². The van der Waals surface area contributed by atoms with Gasteiger partial charge in [0.05, 0.1) is 0 Å². The van der Waals surface area contributed by atoms with Crippen molar-refractivity contribution in [3.63, 3.8) is 0 Å². The minimum Gasteiger partial charge on any atom is -0.356 e. The Hall–Kier alpha value is -1.60. The van der Waals surface area contributed by atoms with Crippen molar-refractivity contribution in [3.8, 4) is 6.07 Å². The lowest BCUT2D eigenvalue weighted by Crippen LogP contribution is -2.29. The van der Waals surface area contributed by atoms with Crippen LogP contribution < -0.4 is 10.6 Å². The maximum Gasteiger partial charge on any atom is 0.142 e. The summed E-state index contributed by atoms with van der Waals surface area (Å²) in [4.78, 5) is 6.23. The molecule has 0 saturated carbocycles. The summed E-state index contributed by atoms with van der Waals surface area (Å²) in [6.45, 7) is 4.24. The first kappa shape index (κ1) is 10.5. The quantitative estimate of drug-likeness (QED) is 0.760. The first-order chi connectivity index (χ1) is 6.81. The molecule has 0 radical (unpaired) electrons. The fraction of sp³-hybridized carbons (Fsp3) is 0.400. The fourth-order valence-electron chi connectivity index (χ4n) is 1.25. The van der Waals surface area contributed by atoms with Crippen LogP contribution in [0, 0.1) is 11.3 Å². The number of anilines is 1. The molecule has 14 heavy (non-hydrogen) atoms. The molecule has 4 nitrogen and oxygen atoms in total. The summed E-state index contributed by atoms with van der Waals surface area (Å²) in [5.41, 5.74) is 5.92. The van der Waals surface area contributed by atoms with Crippen LogP contribution in [0.5, 0.6) is 0 Å². The second-order valence-corrected chi connectivity index (χ2v) is 2.86. The highest BCUT2D eigenvalue weighted by atomic mass is 15.2. The van der Waals surface area contributed by atoms with E-state index < -0.39 is 0 Å². The topological polar surface area (TPSA) is 65.9 Å². The summed E-state index contributed by atoms with van der Waals surface area (Å²) >= 11 is 0. The molecule has 0 amide bonds. The van der Waals surface area contributed by atoms with Gasteiger partial charge in [0, 0.05) is 19.6 Å². The van der Waals surface area contributed by atoms with Gasteiger partial charge in [-0.25, -0.2) is 4.98 Å². The van der Waals surface area contributed by atoms with Gasteiger partial charge in [-0.2, -0.15) is 5.26 Å². The second kappa shape index (κ2) is 5.20. The molecule has 0 aliphatic heterocycles. The lowest BCUT2D eigenvalue weighted by molar-refractivity contribution is 0.801. The van der Waals surface area contributed by atoms with Crippen LogP contribution in [0.15, 0.2) is 18.2 Å². The van der Waals surface area contributed by atoms with Gasteiger partial charge in [-0.1, -0.05) is 6.07 Å². The van der Waals surface area contributed by atoms with E-state index >= 15 is 0 Å². The van der Waals surface area contributed by atoms with Crippen molar-refractivity contribution >= 4 is 5.82 Å². The van der Waals surface area contributed by atoms with Crippen LogP contribution in [0.4, 0.5) is 5.82 Å². The van der Waals surface area contributed by atoms with Gasteiger partial charge in [0.2, 0.25) is 0 Å². The molecule has 2 N–H and O–H groups in total. The summed E-state index contributed by atoms with van der Waals surface area (Å²) < 4.78 is 0. The zero-order chi connectivity index (χ0) is 10.4. The van der Waals surface area contributed by atoms with Crippen LogP contribution in [0.25, 0.3) is 0 Å². The van der Waals surface area contributed by atoms with Crippen LogP contribution in [-0.4, -0.2) is 24.6 Å². The van der Waals surface area contributed by atoms with Crippen LogP contribution in [0.1, 0.15) is 12.6 Å². The van der Waals surface area contributed by atoms with E-state index in [1.165, 1.54) is 0 Å². The van der Waals surface area contributed by atoms with Crippen LogP contribution in [0.3, 0.4) is 0 Å². The average molecular weight is 190 g/mol. The summed E-state index contributed by atoms with van der Waals surface area (Å²) in [5.74, 6) is 0.817. The largest absolute Gasteiger partial charge is 0.356 e. The molecule has 0 spiro atoms. The molecule has 1 aromatic rings. The number of aromatic nitrogens is 1. The maximum atomic E-state index is 8.69. The van der Waals surface area contributed by atoms with Crippen molar-refractivity contribution < 1.29 is 0 Å². The Morgan fingerprint density at radius 2 is 2.36 bits per heavy atom. The third-order valence-corrected chi connectivity index (χ3v) is 1.95. The highest BCUT2D eigenvalue weighted by molar-refractivity contribution is 5.41. The van der Waals surface area contributed by atoms with Gasteiger partial charge in [0.25, 0.3) is 0 Å². The number of pyridine rings is 1. The molecule has 0 aliphatic carbocycles. The van der Waals surface area contributed by atoms with Gasteiger partial charge in [-0.15, -0.1) is 0 Å². The molecule has 0 fully saturated rings. The Morgan fingerprint density at radius 3 is 2.93 bits per heavy atom. The van der Waals surface area contributed by atoms with E-state index in [0.29, 0.717) is 12.2 Å². The number of rotatable bonds is 4. The molecule has 1 aromatic heterocycles. The Labute approximate surface area is 84.0 Å². The predicted octanol–water partition coefficient (Wildman–Crippen LogP) is 0.738. The molecule has 1 rings (SSSR count). The predicted molar refractivity (Wildman–Crippen MR) is 55.9 cm³/mol. The SMILES string of the molecule is CCN(CCN)c1cccc(C#N)n1. The molecule has 1 heterocycles. The molecule has 0 bridgehead atoms. The van der Waals surface area contributed by atoms with Gasteiger partial charge in [-0.3, -0.25) is 0 Å². The molecule has 74 valence electrons. The molecule has 0 aliphatic rings. The first-order valence-electron chi connectivity index (χ1n) is 4.64. The first-order valence-corrected chi connectivity index (χ1v) is 4.64. The van der Waals surface area contributed by atoms with Crippen molar-refractivity contribution in [3.05, 3.63) is 23.9 Å². The van der Waals surface area contributed by atoms with E-state index in [4.69, 9.17) is 11.0 Å². The third kappa shape index (κ3) is 2.44.